The zero-order valence-corrected chi connectivity index (χ0v) is 16.2. The molecule has 6 heteroatoms. The number of ether oxygens (including phenoxy) is 2. The van der Waals surface area contributed by atoms with Crippen LogP contribution >= 0.6 is 0 Å². The van der Waals surface area contributed by atoms with Crippen molar-refractivity contribution in [3.05, 3.63) is 66.2 Å². The van der Waals surface area contributed by atoms with Gasteiger partial charge in [-0.15, -0.1) is 0 Å². The zero-order chi connectivity index (χ0) is 20.2. The van der Waals surface area contributed by atoms with Gasteiger partial charge in [-0.3, -0.25) is 9.59 Å². The summed E-state index contributed by atoms with van der Waals surface area (Å²) in [7, 11) is 1.65. The summed E-state index contributed by atoms with van der Waals surface area (Å²) in [5.74, 6) is 1.25. The molecule has 3 aromatic carbocycles. The molecule has 0 bridgehead atoms. The van der Waals surface area contributed by atoms with Crippen LogP contribution < -0.4 is 19.7 Å². The monoisotopic (exact) mass is 390 g/mol. The number of nitrogens with one attached hydrogen (secondary N) is 1. The SMILES string of the molecule is COc1ccc2cc(CNC(=O)CCN3C(=O)COc4ccccc43)ccc2c1. The summed E-state index contributed by atoms with van der Waals surface area (Å²) in [6.07, 6.45) is 0.227. The minimum atomic E-state index is -0.138. The number of benzene rings is 3. The van der Waals surface area contributed by atoms with E-state index in [1.165, 1.54) is 0 Å². The Morgan fingerprint density at radius 1 is 1.10 bits per heavy atom. The number of rotatable bonds is 6. The number of carbonyl (C=O) groups excluding carboxylic acids is 2. The first-order chi connectivity index (χ1) is 14.1. The van der Waals surface area contributed by atoms with Crippen LogP contribution in [0.2, 0.25) is 0 Å². The summed E-state index contributed by atoms with van der Waals surface area (Å²) < 4.78 is 10.7. The fourth-order valence-corrected chi connectivity index (χ4v) is 3.41. The number of carbonyl (C=O) groups is 2. The van der Waals surface area contributed by atoms with Gasteiger partial charge in [-0.2, -0.15) is 0 Å². The Balaban J connectivity index is 1.35. The highest BCUT2D eigenvalue weighted by Crippen LogP contribution is 2.31. The molecule has 2 amide bonds. The molecule has 6 nitrogen and oxygen atoms in total. The van der Waals surface area contributed by atoms with Crippen molar-refractivity contribution in [2.75, 3.05) is 25.2 Å². The quantitative estimate of drug-likeness (QED) is 0.701. The Bertz CT molecular complexity index is 1060. The third-order valence-electron chi connectivity index (χ3n) is 4.97. The van der Waals surface area contributed by atoms with Crippen LogP contribution in [0.3, 0.4) is 0 Å². The molecule has 29 heavy (non-hydrogen) atoms. The van der Waals surface area contributed by atoms with Gasteiger partial charge >= 0.3 is 0 Å². The van der Waals surface area contributed by atoms with Gasteiger partial charge in [-0.25, -0.2) is 0 Å². The smallest absolute Gasteiger partial charge is 0.265 e. The second kappa shape index (κ2) is 8.22. The highest BCUT2D eigenvalue weighted by Gasteiger charge is 2.25. The van der Waals surface area contributed by atoms with Gasteiger partial charge in [0.15, 0.2) is 6.61 Å². The second-order valence-corrected chi connectivity index (χ2v) is 6.88. The van der Waals surface area contributed by atoms with Crippen molar-refractivity contribution >= 4 is 28.3 Å². The molecule has 148 valence electrons. The average Bonchev–Trinajstić information content (AvgIpc) is 2.76. The maximum Gasteiger partial charge on any atom is 0.265 e. The lowest BCUT2D eigenvalue weighted by Gasteiger charge is -2.29. The topological polar surface area (TPSA) is 67.9 Å². The molecule has 1 N–H and O–H groups in total. The summed E-state index contributed by atoms with van der Waals surface area (Å²) in [6.45, 7) is 0.761. The Kier molecular flexibility index (Phi) is 5.33. The van der Waals surface area contributed by atoms with Gasteiger partial charge in [0.2, 0.25) is 5.91 Å². The van der Waals surface area contributed by atoms with Gasteiger partial charge in [-0.1, -0.05) is 30.3 Å². The van der Waals surface area contributed by atoms with E-state index < -0.39 is 0 Å². The number of para-hydroxylation sites is 2. The van der Waals surface area contributed by atoms with Gasteiger partial charge in [0.05, 0.1) is 12.8 Å². The standard InChI is InChI=1S/C23H22N2O4/c1-28-19-9-8-17-12-16(6-7-18(17)13-19)14-24-22(26)10-11-25-20-4-2-3-5-21(20)29-15-23(25)27/h2-9,12-13H,10-11,14-15H2,1H3,(H,24,26). The maximum absolute atomic E-state index is 12.3. The van der Waals surface area contributed by atoms with E-state index in [9.17, 15) is 9.59 Å². The molecule has 0 spiro atoms. The molecule has 3 aromatic rings. The third kappa shape index (κ3) is 4.16. The van der Waals surface area contributed by atoms with Crippen LogP contribution in [0.15, 0.2) is 60.7 Å². The number of amides is 2. The second-order valence-electron chi connectivity index (χ2n) is 6.88. The van der Waals surface area contributed by atoms with E-state index in [0.29, 0.717) is 24.5 Å². The third-order valence-corrected chi connectivity index (χ3v) is 4.97. The highest BCUT2D eigenvalue weighted by molar-refractivity contribution is 5.98. The number of hydrogen-bond acceptors (Lipinski definition) is 4. The van der Waals surface area contributed by atoms with Crippen molar-refractivity contribution in [3.8, 4) is 11.5 Å². The van der Waals surface area contributed by atoms with E-state index in [0.717, 1.165) is 22.1 Å². The van der Waals surface area contributed by atoms with Crippen molar-refractivity contribution < 1.29 is 19.1 Å². The fraction of sp³-hybridized carbons (Fsp3) is 0.217. The minimum Gasteiger partial charge on any atom is -0.497 e. The first-order valence-corrected chi connectivity index (χ1v) is 9.49. The predicted octanol–water partition coefficient (Wildman–Crippen LogP) is 3.28. The maximum atomic E-state index is 12.3. The molecule has 1 aliphatic heterocycles. The molecule has 1 aliphatic rings. The number of methoxy groups -OCH3 is 1. The molecule has 0 fully saturated rings. The Hall–Kier alpha value is -3.54. The van der Waals surface area contributed by atoms with Gasteiger partial charge in [0.1, 0.15) is 11.5 Å². The summed E-state index contributed by atoms with van der Waals surface area (Å²) in [6, 6.07) is 19.3. The molecule has 0 saturated carbocycles. The van der Waals surface area contributed by atoms with E-state index in [1.54, 1.807) is 12.0 Å². The van der Waals surface area contributed by atoms with Crippen LogP contribution in [0.4, 0.5) is 5.69 Å². The molecular formula is C23H22N2O4. The minimum absolute atomic E-state index is 0.000504. The van der Waals surface area contributed by atoms with E-state index in [1.807, 2.05) is 54.6 Å². The number of hydrogen-bond donors (Lipinski definition) is 1. The lowest BCUT2D eigenvalue weighted by atomic mass is 10.1. The van der Waals surface area contributed by atoms with Crippen molar-refractivity contribution in [3.63, 3.8) is 0 Å². The Morgan fingerprint density at radius 2 is 1.90 bits per heavy atom. The van der Waals surface area contributed by atoms with E-state index in [2.05, 4.69) is 11.4 Å². The van der Waals surface area contributed by atoms with Crippen molar-refractivity contribution in [1.82, 2.24) is 5.32 Å². The van der Waals surface area contributed by atoms with Gasteiger partial charge in [0, 0.05) is 19.5 Å². The zero-order valence-electron chi connectivity index (χ0n) is 16.2. The molecule has 4 rings (SSSR count). The van der Waals surface area contributed by atoms with Crippen LogP contribution in [0.5, 0.6) is 11.5 Å². The fourth-order valence-electron chi connectivity index (χ4n) is 3.41. The van der Waals surface area contributed by atoms with Crippen molar-refractivity contribution in [2.45, 2.75) is 13.0 Å². The molecule has 0 radical (unpaired) electrons. The Labute approximate surface area is 169 Å². The molecule has 0 aliphatic carbocycles. The first-order valence-electron chi connectivity index (χ1n) is 9.49. The number of anilines is 1. The van der Waals surface area contributed by atoms with Crippen molar-refractivity contribution in [2.24, 2.45) is 0 Å². The van der Waals surface area contributed by atoms with E-state index in [-0.39, 0.29) is 24.8 Å². The van der Waals surface area contributed by atoms with Gasteiger partial charge in [0.25, 0.3) is 5.91 Å². The lowest BCUT2D eigenvalue weighted by Crippen LogP contribution is -2.41. The summed E-state index contributed by atoms with van der Waals surface area (Å²) in [4.78, 5) is 26.1. The molecule has 0 aromatic heterocycles. The summed E-state index contributed by atoms with van der Waals surface area (Å²) in [5.41, 5.74) is 1.73. The largest absolute Gasteiger partial charge is 0.497 e. The number of fused-ring (bicyclic) bond motifs is 2. The molecular weight excluding hydrogens is 368 g/mol. The molecule has 1 heterocycles. The van der Waals surface area contributed by atoms with Crippen molar-refractivity contribution in [1.29, 1.82) is 0 Å². The van der Waals surface area contributed by atoms with Crippen LogP contribution in [-0.2, 0) is 16.1 Å². The molecule has 0 unspecified atom stereocenters. The summed E-state index contributed by atoms with van der Waals surface area (Å²) >= 11 is 0. The Morgan fingerprint density at radius 3 is 2.76 bits per heavy atom. The van der Waals surface area contributed by atoms with Crippen LogP contribution in [0.1, 0.15) is 12.0 Å². The average molecular weight is 390 g/mol. The van der Waals surface area contributed by atoms with E-state index in [4.69, 9.17) is 9.47 Å². The molecule has 0 atom stereocenters. The van der Waals surface area contributed by atoms with E-state index >= 15 is 0 Å². The van der Waals surface area contributed by atoms with Gasteiger partial charge in [-0.05, 0) is 46.7 Å². The lowest BCUT2D eigenvalue weighted by molar-refractivity contribution is -0.122. The normalized spacial score (nSPS) is 13.0. The predicted molar refractivity (Wildman–Crippen MR) is 111 cm³/mol. The number of nitrogens with zero attached hydrogens (tertiary/aromatic N) is 1. The molecule has 0 saturated heterocycles. The van der Waals surface area contributed by atoms with Crippen LogP contribution in [0.25, 0.3) is 10.8 Å². The van der Waals surface area contributed by atoms with Crippen LogP contribution in [0, 0.1) is 0 Å². The van der Waals surface area contributed by atoms with Gasteiger partial charge < -0.3 is 19.7 Å². The highest BCUT2D eigenvalue weighted by atomic mass is 16.5. The van der Waals surface area contributed by atoms with Crippen LogP contribution in [-0.4, -0.2) is 32.1 Å². The summed E-state index contributed by atoms with van der Waals surface area (Å²) in [5, 5.41) is 5.11. The first kappa shape index (κ1) is 18.8.